The lowest BCUT2D eigenvalue weighted by Crippen LogP contribution is -2.36. The van der Waals surface area contributed by atoms with Gasteiger partial charge < -0.3 is 19.7 Å². The van der Waals surface area contributed by atoms with E-state index in [1.165, 1.54) is 0 Å². The molecule has 5 unspecified atom stereocenters. The molecule has 5 heteroatoms. The van der Waals surface area contributed by atoms with Crippen LogP contribution >= 0.6 is 0 Å². The van der Waals surface area contributed by atoms with Crippen LogP contribution in [-0.2, 0) is 14.3 Å². The van der Waals surface area contributed by atoms with Crippen molar-refractivity contribution in [1.82, 2.24) is 0 Å². The van der Waals surface area contributed by atoms with Gasteiger partial charge in [-0.2, -0.15) is 0 Å². The van der Waals surface area contributed by atoms with E-state index in [0.29, 0.717) is 12.0 Å². The molecule has 0 aromatic rings. The number of carbonyl (C=O) groups is 1. The Morgan fingerprint density at radius 1 is 1.55 bits per heavy atom. The van der Waals surface area contributed by atoms with Gasteiger partial charge in [0, 0.05) is 5.57 Å². The minimum Gasteiger partial charge on any atom is -0.455 e. The van der Waals surface area contributed by atoms with E-state index >= 15 is 0 Å². The highest BCUT2D eigenvalue weighted by Gasteiger charge is 2.62. The van der Waals surface area contributed by atoms with E-state index in [1.54, 1.807) is 0 Å². The summed E-state index contributed by atoms with van der Waals surface area (Å²) in [6, 6.07) is 0. The zero-order valence-electron chi connectivity index (χ0n) is 11.5. The van der Waals surface area contributed by atoms with Crippen molar-refractivity contribution in [3.05, 3.63) is 23.8 Å². The van der Waals surface area contributed by atoms with E-state index in [4.69, 9.17) is 9.47 Å². The molecule has 0 radical (unpaired) electrons. The third kappa shape index (κ3) is 2.10. The van der Waals surface area contributed by atoms with E-state index in [2.05, 4.69) is 6.58 Å². The first-order valence-corrected chi connectivity index (χ1v) is 7.00. The lowest BCUT2D eigenvalue weighted by atomic mass is 9.82. The molecule has 3 aliphatic rings. The topological polar surface area (TPSA) is 79.3 Å². The smallest absolute Gasteiger partial charge is 0.334 e. The summed E-state index contributed by atoms with van der Waals surface area (Å²) >= 11 is 0. The van der Waals surface area contributed by atoms with Gasteiger partial charge in [0.15, 0.2) is 0 Å². The maximum Gasteiger partial charge on any atom is 0.334 e. The van der Waals surface area contributed by atoms with Crippen LogP contribution in [0.1, 0.15) is 26.2 Å². The molecule has 2 heterocycles. The van der Waals surface area contributed by atoms with Gasteiger partial charge in [0.2, 0.25) is 0 Å². The number of ether oxygens (including phenoxy) is 2. The van der Waals surface area contributed by atoms with Crippen LogP contribution in [0.15, 0.2) is 23.8 Å². The number of hydrogen-bond donors (Lipinski definition) is 2. The predicted octanol–water partition coefficient (Wildman–Crippen LogP) is 0.705. The van der Waals surface area contributed by atoms with Gasteiger partial charge in [0.25, 0.3) is 0 Å². The van der Waals surface area contributed by atoms with Gasteiger partial charge >= 0.3 is 5.97 Å². The Morgan fingerprint density at radius 3 is 3.00 bits per heavy atom. The lowest BCUT2D eigenvalue weighted by Gasteiger charge is -2.24. The SMILES string of the molecule is C=C1C(=O)OC2C1C(O)CC(CO)=CCCC1(C)OC21. The van der Waals surface area contributed by atoms with Crippen LogP contribution < -0.4 is 0 Å². The molecule has 0 saturated carbocycles. The number of hydrogen-bond acceptors (Lipinski definition) is 5. The minimum absolute atomic E-state index is 0.0866. The summed E-state index contributed by atoms with van der Waals surface area (Å²) in [7, 11) is 0. The normalized spacial score (nSPS) is 44.2. The second-order valence-corrected chi connectivity index (χ2v) is 6.10. The Labute approximate surface area is 117 Å². The molecule has 2 aliphatic heterocycles. The second kappa shape index (κ2) is 4.69. The Balaban J connectivity index is 1.92. The van der Waals surface area contributed by atoms with Crippen molar-refractivity contribution in [2.75, 3.05) is 6.61 Å². The van der Waals surface area contributed by atoms with Crippen molar-refractivity contribution in [3.63, 3.8) is 0 Å². The van der Waals surface area contributed by atoms with Gasteiger partial charge in [0.05, 0.1) is 24.2 Å². The fourth-order valence-corrected chi connectivity index (χ4v) is 3.35. The first-order chi connectivity index (χ1) is 9.46. The van der Waals surface area contributed by atoms with E-state index in [0.717, 1.165) is 18.4 Å². The second-order valence-electron chi connectivity index (χ2n) is 6.10. The summed E-state index contributed by atoms with van der Waals surface area (Å²) in [4.78, 5) is 11.7. The summed E-state index contributed by atoms with van der Waals surface area (Å²) in [5.41, 5.74) is 0.770. The molecular weight excluding hydrogens is 260 g/mol. The molecule has 5 nitrogen and oxygen atoms in total. The van der Waals surface area contributed by atoms with Gasteiger partial charge in [-0.1, -0.05) is 12.7 Å². The Hall–Kier alpha value is -1.17. The lowest BCUT2D eigenvalue weighted by molar-refractivity contribution is -0.140. The van der Waals surface area contributed by atoms with Crippen molar-refractivity contribution >= 4 is 5.97 Å². The van der Waals surface area contributed by atoms with Gasteiger partial charge in [0.1, 0.15) is 12.2 Å². The number of allylic oxidation sites excluding steroid dienone is 1. The van der Waals surface area contributed by atoms with Crippen molar-refractivity contribution in [1.29, 1.82) is 0 Å². The zero-order chi connectivity index (χ0) is 14.5. The zero-order valence-corrected chi connectivity index (χ0v) is 11.5. The average molecular weight is 280 g/mol. The number of rotatable bonds is 1. The van der Waals surface area contributed by atoms with Crippen molar-refractivity contribution in [3.8, 4) is 0 Å². The van der Waals surface area contributed by atoms with Crippen molar-refractivity contribution < 1.29 is 24.5 Å². The minimum atomic E-state index is -0.788. The van der Waals surface area contributed by atoms with Gasteiger partial charge in [-0.05, 0) is 31.8 Å². The summed E-state index contributed by atoms with van der Waals surface area (Å²) in [6.45, 7) is 5.65. The summed E-state index contributed by atoms with van der Waals surface area (Å²) in [6.07, 6.45) is 2.45. The molecule has 3 rings (SSSR count). The maximum absolute atomic E-state index is 11.7. The highest BCUT2D eigenvalue weighted by Crippen LogP contribution is 2.49. The number of fused-ring (bicyclic) bond motifs is 3. The molecule has 0 amide bonds. The molecule has 2 fully saturated rings. The molecular formula is C15H20O5. The first-order valence-electron chi connectivity index (χ1n) is 7.00. The molecule has 1 aliphatic carbocycles. The third-order valence-corrected chi connectivity index (χ3v) is 4.66. The van der Waals surface area contributed by atoms with Gasteiger partial charge in [-0.25, -0.2) is 4.79 Å². The molecule has 20 heavy (non-hydrogen) atoms. The Bertz CT molecular complexity index is 483. The van der Waals surface area contributed by atoms with Crippen LogP contribution in [0.5, 0.6) is 0 Å². The van der Waals surface area contributed by atoms with E-state index in [-0.39, 0.29) is 18.3 Å². The molecule has 110 valence electrons. The fraction of sp³-hybridized carbons (Fsp3) is 0.667. The highest BCUT2D eigenvalue weighted by molar-refractivity contribution is 5.91. The number of esters is 1. The quantitative estimate of drug-likeness (QED) is 0.320. The number of carbonyl (C=O) groups excluding carboxylic acids is 1. The maximum atomic E-state index is 11.7. The van der Waals surface area contributed by atoms with Crippen LogP contribution in [0, 0.1) is 5.92 Å². The first kappa shape index (κ1) is 13.8. The van der Waals surface area contributed by atoms with Crippen molar-refractivity contribution in [2.45, 2.75) is 50.1 Å². The van der Waals surface area contributed by atoms with E-state index < -0.39 is 24.1 Å². The molecule has 0 aromatic carbocycles. The number of aliphatic hydroxyl groups is 2. The summed E-state index contributed by atoms with van der Waals surface area (Å²) in [5.74, 6) is -0.909. The van der Waals surface area contributed by atoms with E-state index in [9.17, 15) is 15.0 Å². The van der Waals surface area contributed by atoms with Crippen LogP contribution in [-0.4, -0.2) is 46.7 Å². The average Bonchev–Trinajstić information content (AvgIpc) is 2.98. The monoisotopic (exact) mass is 280 g/mol. The molecule has 0 spiro atoms. The highest BCUT2D eigenvalue weighted by atomic mass is 16.6. The molecule has 0 aromatic heterocycles. The van der Waals surface area contributed by atoms with Gasteiger partial charge in [-0.15, -0.1) is 0 Å². The largest absolute Gasteiger partial charge is 0.455 e. The standard InChI is InChI=1S/C15H20O5/c1-8-11-10(17)6-9(7-16)4-3-5-15(2)13(20-15)12(11)19-14(8)18/h4,10-13,16-17H,1,3,5-7H2,2H3. The molecule has 0 bridgehead atoms. The van der Waals surface area contributed by atoms with Crippen LogP contribution in [0.3, 0.4) is 0 Å². The van der Waals surface area contributed by atoms with E-state index in [1.807, 2.05) is 13.0 Å². The summed E-state index contributed by atoms with van der Waals surface area (Å²) in [5, 5.41) is 19.8. The fourth-order valence-electron chi connectivity index (χ4n) is 3.35. The molecule has 2 N–H and O–H groups in total. The van der Waals surface area contributed by atoms with Crippen LogP contribution in [0.2, 0.25) is 0 Å². The molecule has 2 saturated heterocycles. The Kier molecular flexibility index (Phi) is 3.23. The summed E-state index contributed by atoms with van der Waals surface area (Å²) < 4.78 is 11.1. The van der Waals surface area contributed by atoms with Crippen molar-refractivity contribution in [2.24, 2.45) is 5.92 Å². The van der Waals surface area contributed by atoms with Gasteiger partial charge in [-0.3, -0.25) is 0 Å². The number of aliphatic hydroxyl groups excluding tert-OH is 2. The van der Waals surface area contributed by atoms with Crippen LogP contribution in [0.4, 0.5) is 0 Å². The number of epoxide rings is 1. The predicted molar refractivity (Wildman–Crippen MR) is 70.8 cm³/mol. The Morgan fingerprint density at radius 2 is 2.30 bits per heavy atom. The molecule has 5 atom stereocenters. The third-order valence-electron chi connectivity index (χ3n) is 4.66. The van der Waals surface area contributed by atoms with Crippen LogP contribution in [0.25, 0.3) is 0 Å².